The number of aliphatic hydroxyl groups is 1. The summed E-state index contributed by atoms with van der Waals surface area (Å²) >= 11 is 0. The van der Waals surface area contributed by atoms with Crippen molar-refractivity contribution in [1.29, 1.82) is 0 Å². The smallest absolute Gasteiger partial charge is 0.423 e. The molecule has 1 aliphatic rings. The van der Waals surface area contributed by atoms with Gasteiger partial charge in [-0.25, -0.2) is 0 Å². The molecule has 22 heavy (non-hydrogen) atoms. The Labute approximate surface area is 133 Å². The second-order valence-electron chi connectivity index (χ2n) is 7.09. The molecule has 0 aromatic heterocycles. The zero-order valence-corrected chi connectivity index (χ0v) is 14.0. The molecule has 5 heteroatoms. The van der Waals surface area contributed by atoms with E-state index in [1.54, 1.807) is 27.7 Å². The summed E-state index contributed by atoms with van der Waals surface area (Å²) < 4.78 is 11.0. The minimum Gasteiger partial charge on any atom is -0.423 e. The highest BCUT2D eigenvalue weighted by molar-refractivity contribution is 6.60. The standard InChI is InChI=1S/C17H27BO4/c1-16(2,19)17(3,4)22-18(20)15-7-5-13(6-8-15)14-9-11-21-12-10-14/h5-8,14,19-20H,9-12H2,1-4H3. The second kappa shape index (κ2) is 6.71. The van der Waals surface area contributed by atoms with Gasteiger partial charge in [-0.05, 0) is 57.5 Å². The highest BCUT2D eigenvalue weighted by Gasteiger charge is 2.39. The van der Waals surface area contributed by atoms with Crippen molar-refractivity contribution in [3.63, 3.8) is 0 Å². The molecule has 1 aromatic carbocycles. The van der Waals surface area contributed by atoms with Crippen molar-refractivity contribution in [2.75, 3.05) is 13.2 Å². The summed E-state index contributed by atoms with van der Waals surface area (Å²) in [5.74, 6) is 0.536. The van der Waals surface area contributed by atoms with Crippen LogP contribution in [0, 0.1) is 0 Å². The maximum Gasteiger partial charge on any atom is 0.491 e. The summed E-state index contributed by atoms with van der Waals surface area (Å²) in [7, 11) is -1.05. The minimum absolute atomic E-state index is 0.536. The third-order valence-corrected chi connectivity index (χ3v) is 4.79. The molecule has 1 saturated heterocycles. The molecule has 122 valence electrons. The van der Waals surface area contributed by atoms with Gasteiger partial charge >= 0.3 is 7.12 Å². The first-order valence-corrected chi connectivity index (χ1v) is 7.96. The lowest BCUT2D eigenvalue weighted by Crippen LogP contribution is -2.53. The first kappa shape index (κ1) is 17.5. The number of benzene rings is 1. The van der Waals surface area contributed by atoms with Crippen LogP contribution in [0.25, 0.3) is 0 Å². The lowest BCUT2D eigenvalue weighted by atomic mass is 9.75. The number of hydrogen-bond donors (Lipinski definition) is 2. The molecule has 1 fully saturated rings. The fourth-order valence-corrected chi connectivity index (χ4v) is 2.46. The molecule has 2 N–H and O–H groups in total. The van der Waals surface area contributed by atoms with Crippen LogP contribution < -0.4 is 5.46 Å². The molecule has 1 heterocycles. The van der Waals surface area contributed by atoms with E-state index < -0.39 is 18.3 Å². The highest BCUT2D eigenvalue weighted by atomic mass is 16.5. The Morgan fingerprint density at radius 3 is 2.14 bits per heavy atom. The average molecular weight is 306 g/mol. The SMILES string of the molecule is CC(C)(O)C(C)(C)OB(O)c1ccc(C2CCOCC2)cc1. The third kappa shape index (κ3) is 4.10. The Morgan fingerprint density at radius 1 is 1.09 bits per heavy atom. The van der Waals surface area contributed by atoms with Crippen LogP contribution >= 0.6 is 0 Å². The second-order valence-corrected chi connectivity index (χ2v) is 7.09. The zero-order chi connectivity index (χ0) is 16.4. The van der Waals surface area contributed by atoms with E-state index in [-0.39, 0.29) is 0 Å². The van der Waals surface area contributed by atoms with E-state index in [9.17, 15) is 10.1 Å². The van der Waals surface area contributed by atoms with Gasteiger partial charge in [0, 0.05) is 13.2 Å². The van der Waals surface area contributed by atoms with Crippen molar-refractivity contribution in [3.8, 4) is 0 Å². The summed E-state index contributed by atoms with van der Waals surface area (Å²) in [6.45, 7) is 8.52. The van der Waals surface area contributed by atoms with Crippen LogP contribution in [-0.4, -0.2) is 41.7 Å². The van der Waals surface area contributed by atoms with Crippen molar-refractivity contribution >= 4 is 12.6 Å². The predicted octanol–water partition coefficient (Wildman–Crippen LogP) is 1.83. The van der Waals surface area contributed by atoms with Crippen LogP contribution in [0.1, 0.15) is 52.0 Å². The molecule has 2 rings (SSSR count). The van der Waals surface area contributed by atoms with Crippen LogP contribution in [-0.2, 0) is 9.39 Å². The molecule has 4 nitrogen and oxygen atoms in total. The summed E-state index contributed by atoms with van der Waals surface area (Å²) in [5, 5.41) is 20.4. The molecule has 0 amide bonds. The monoisotopic (exact) mass is 306 g/mol. The molecule has 0 radical (unpaired) electrons. The van der Waals surface area contributed by atoms with Crippen LogP contribution in [0.5, 0.6) is 0 Å². The Hall–Kier alpha value is -0.875. The molecule has 0 aliphatic carbocycles. The number of ether oxygens (including phenoxy) is 1. The summed E-state index contributed by atoms with van der Waals surface area (Å²) in [4.78, 5) is 0. The van der Waals surface area contributed by atoms with E-state index in [0.29, 0.717) is 11.4 Å². The quantitative estimate of drug-likeness (QED) is 0.815. The van der Waals surface area contributed by atoms with Gasteiger partial charge in [0.05, 0.1) is 11.2 Å². The summed E-state index contributed by atoms with van der Waals surface area (Å²) in [5.41, 5.74) is 0.0797. The summed E-state index contributed by atoms with van der Waals surface area (Å²) in [6.07, 6.45) is 2.09. The third-order valence-electron chi connectivity index (χ3n) is 4.79. The zero-order valence-electron chi connectivity index (χ0n) is 14.0. The van der Waals surface area contributed by atoms with Gasteiger partial charge in [0.25, 0.3) is 0 Å². The Kier molecular flexibility index (Phi) is 5.33. The van der Waals surface area contributed by atoms with Gasteiger partial charge in [0.15, 0.2) is 0 Å². The summed E-state index contributed by atoms with van der Waals surface area (Å²) in [6, 6.07) is 7.90. The Balaban J connectivity index is 2.03. The van der Waals surface area contributed by atoms with Crippen molar-refractivity contribution in [2.24, 2.45) is 0 Å². The van der Waals surface area contributed by atoms with Crippen molar-refractivity contribution in [2.45, 2.75) is 57.7 Å². The normalized spacial score (nSPS) is 17.5. The molecular weight excluding hydrogens is 279 g/mol. The highest BCUT2D eigenvalue weighted by Crippen LogP contribution is 2.27. The van der Waals surface area contributed by atoms with Crippen LogP contribution in [0.2, 0.25) is 0 Å². The van der Waals surface area contributed by atoms with E-state index in [1.165, 1.54) is 5.56 Å². The largest absolute Gasteiger partial charge is 0.491 e. The van der Waals surface area contributed by atoms with Gasteiger partial charge < -0.3 is 19.5 Å². The number of rotatable bonds is 5. The first-order valence-electron chi connectivity index (χ1n) is 7.96. The first-order chi connectivity index (χ1) is 10.2. The van der Waals surface area contributed by atoms with Crippen molar-refractivity contribution in [1.82, 2.24) is 0 Å². The molecular formula is C17H27BO4. The predicted molar refractivity (Wildman–Crippen MR) is 88.3 cm³/mol. The minimum atomic E-state index is -1.05. The van der Waals surface area contributed by atoms with Crippen molar-refractivity contribution in [3.05, 3.63) is 29.8 Å². The molecule has 1 aliphatic heterocycles. The van der Waals surface area contributed by atoms with E-state index in [2.05, 4.69) is 12.1 Å². The molecule has 0 saturated carbocycles. The fraction of sp³-hybridized carbons (Fsp3) is 0.647. The van der Waals surface area contributed by atoms with Crippen LogP contribution in [0.4, 0.5) is 0 Å². The molecule has 0 atom stereocenters. The van der Waals surface area contributed by atoms with E-state index in [4.69, 9.17) is 9.39 Å². The van der Waals surface area contributed by atoms with E-state index >= 15 is 0 Å². The van der Waals surface area contributed by atoms with Gasteiger partial charge in [-0.2, -0.15) is 0 Å². The molecule has 0 spiro atoms. The number of hydrogen-bond acceptors (Lipinski definition) is 4. The lowest BCUT2D eigenvalue weighted by Gasteiger charge is -2.38. The average Bonchev–Trinajstić information content (AvgIpc) is 2.47. The van der Waals surface area contributed by atoms with Gasteiger partial charge in [-0.1, -0.05) is 24.3 Å². The fourth-order valence-electron chi connectivity index (χ4n) is 2.46. The Bertz CT molecular complexity index is 472. The molecule has 0 unspecified atom stereocenters. The topological polar surface area (TPSA) is 58.9 Å². The van der Waals surface area contributed by atoms with Gasteiger partial charge in [0.1, 0.15) is 0 Å². The molecule has 0 bridgehead atoms. The van der Waals surface area contributed by atoms with Crippen molar-refractivity contribution < 1.29 is 19.5 Å². The van der Waals surface area contributed by atoms with E-state index in [0.717, 1.165) is 26.1 Å². The van der Waals surface area contributed by atoms with Crippen LogP contribution in [0.15, 0.2) is 24.3 Å². The van der Waals surface area contributed by atoms with Gasteiger partial charge in [0.2, 0.25) is 0 Å². The maximum atomic E-state index is 10.3. The van der Waals surface area contributed by atoms with Crippen LogP contribution in [0.3, 0.4) is 0 Å². The Morgan fingerprint density at radius 2 is 1.64 bits per heavy atom. The lowest BCUT2D eigenvalue weighted by molar-refractivity contribution is -0.0982. The maximum absolute atomic E-state index is 10.3. The van der Waals surface area contributed by atoms with Gasteiger partial charge in [-0.15, -0.1) is 0 Å². The molecule has 1 aromatic rings. The van der Waals surface area contributed by atoms with Gasteiger partial charge in [-0.3, -0.25) is 0 Å². The van der Waals surface area contributed by atoms with E-state index in [1.807, 2.05) is 12.1 Å².